The highest BCUT2D eigenvalue weighted by molar-refractivity contribution is 7.89. The molecule has 1 fully saturated rings. The van der Waals surface area contributed by atoms with Gasteiger partial charge in [-0.25, -0.2) is 8.42 Å². The van der Waals surface area contributed by atoms with Crippen molar-refractivity contribution in [1.82, 2.24) is 14.9 Å². The van der Waals surface area contributed by atoms with Crippen molar-refractivity contribution < 1.29 is 22.4 Å². The molecule has 1 aliphatic heterocycles. The fourth-order valence-electron chi connectivity index (χ4n) is 2.79. The van der Waals surface area contributed by atoms with Crippen molar-refractivity contribution >= 4 is 21.8 Å². The Morgan fingerprint density at radius 1 is 1.30 bits per heavy atom. The van der Waals surface area contributed by atoms with Crippen LogP contribution >= 0.6 is 0 Å². The molecule has 0 spiro atoms. The maximum Gasteiger partial charge on any atom is 0.251 e. The molecule has 2 aromatic rings. The standard InChI is InChI=1S/C18H21N3O5S/c1-13-5-6-15(26-13)7-8-20-18(23)14-3-2-4-16(11-14)27(24,25)21-10-9-19-17(22)12-21/h2-6,11H,7-10,12H2,1H3,(H,19,22)(H,20,23). The van der Waals surface area contributed by atoms with Gasteiger partial charge in [-0.05, 0) is 37.3 Å². The molecule has 0 atom stereocenters. The Balaban J connectivity index is 1.67. The van der Waals surface area contributed by atoms with Crippen LogP contribution in [0.2, 0.25) is 0 Å². The van der Waals surface area contributed by atoms with Gasteiger partial charge in [0.05, 0.1) is 11.4 Å². The summed E-state index contributed by atoms with van der Waals surface area (Å²) in [5.74, 6) is 0.867. The summed E-state index contributed by atoms with van der Waals surface area (Å²) in [5, 5.41) is 5.34. The van der Waals surface area contributed by atoms with E-state index in [-0.39, 0.29) is 41.9 Å². The van der Waals surface area contributed by atoms with Crippen LogP contribution < -0.4 is 10.6 Å². The molecule has 0 bridgehead atoms. The summed E-state index contributed by atoms with van der Waals surface area (Å²) < 4.78 is 32.0. The Hall–Kier alpha value is -2.65. The first kappa shape index (κ1) is 19.1. The second-order valence-electron chi connectivity index (χ2n) is 6.23. The highest BCUT2D eigenvalue weighted by Gasteiger charge is 2.29. The molecule has 27 heavy (non-hydrogen) atoms. The van der Waals surface area contributed by atoms with Gasteiger partial charge in [-0.1, -0.05) is 6.07 Å². The summed E-state index contributed by atoms with van der Waals surface area (Å²) >= 11 is 0. The molecule has 3 rings (SSSR count). The zero-order chi connectivity index (χ0) is 19.4. The molecule has 8 nitrogen and oxygen atoms in total. The molecule has 144 valence electrons. The molecule has 1 aromatic carbocycles. The van der Waals surface area contributed by atoms with Gasteiger partial charge < -0.3 is 15.1 Å². The zero-order valence-electron chi connectivity index (χ0n) is 14.9. The van der Waals surface area contributed by atoms with Crippen molar-refractivity contribution in [3.8, 4) is 0 Å². The number of aryl methyl sites for hydroxylation is 1. The van der Waals surface area contributed by atoms with Crippen LogP contribution in [0, 0.1) is 6.92 Å². The molecule has 2 N–H and O–H groups in total. The number of amides is 2. The number of nitrogens with zero attached hydrogens (tertiary/aromatic N) is 1. The molecule has 9 heteroatoms. The van der Waals surface area contributed by atoms with Gasteiger partial charge >= 0.3 is 0 Å². The number of carbonyl (C=O) groups excluding carboxylic acids is 2. The third-order valence-electron chi connectivity index (χ3n) is 4.19. The molecule has 0 saturated carbocycles. The monoisotopic (exact) mass is 391 g/mol. The first-order valence-corrected chi connectivity index (χ1v) is 10.0. The number of hydrogen-bond acceptors (Lipinski definition) is 5. The number of piperazine rings is 1. The van der Waals surface area contributed by atoms with Crippen molar-refractivity contribution in [2.75, 3.05) is 26.2 Å². The fourth-order valence-corrected chi connectivity index (χ4v) is 4.23. The van der Waals surface area contributed by atoms with E-state index >= 15 is 0 Å². The summed E-state index contributed by atoms with van der Waals surface area (Å²) in [6, 6.07) is 9.52. The SMILES string of the molecule is Cc1ccc(CCNC(=O)c2cccc(S(=O)(=O)N3CCNC(=O)C3)c2)o1. The molecule has 1 aliphatic rings. The average molecular weight is 391 g/mol. The summed E-state index contributed by atoms with van der Waals surface area (Å²) in [6.45, 7) is 2.47. The van der Waals surface area contributed by atoms with Gasteiger partial charge in [-0.15, -0.1) is 0 Å². The minimum Gasteiger partial charge on any atom is -0.466 e. The Bertz CT molecular complexity index is 951. The molecular weight excluding hydrogens is 370 g/mol. The number of benzene rings is 1. The lowest BCUT2D eigenvalue weighted by atomic mass is 10.2. The molecule has 2 heterocycles. The predicted octanol–water partition coefficient (Wildman–Crippen LogP) is 0.681. The molecule has 0 radical (unpaired) electrons. The van der Waals surface area contributed by atoms with E-state index in [4.69, 9.17) is 4.42 Å². The quantitative estimate of drug-likeness (QED) is 0.753. The second kappa shape index (κ2) is 7.93. The molecule has 1 aromatic heterocycles. The Morgan fingerprint density at radius 2 is 2.11 bits per heavy atom. The smallest absolute Gasteiger partial charge is 0.251 e. The summed E-state index contributed by atoms with van der Waals surface area (Å²) in [7, 11) is -3.83. The third-order valence-corrected chi connectivity index (χ3v) is 6.03. The van der Waals surface area contributed by atoms with E-state index in [9.17, 15) is 18.0 Å². The molecule has 0 aliphatic carbocycles. The van der Waals surface area contributed by atoms with Crippen molar-refractivity contribution in [3.63, 3.8) is 0 Å². The van der Waals surface area contributed by atoms with Crippen molar-refractivity contribution in [1.29, 1.82) is 0 Å². The maximum absolute atomic E-state index is 12.7. The van der Waals surface area contributed by atoms with Gasteiger partial charge in [-0.2, -0.15) is 4.31 Å². The highest BCUT2D eigenvalue weighted by Crippen LogP contribution is 2.18. The van der Waals surface area contributed by atoms with E-state index in [0.717, 1.165) is 15.8 Å². The molecule has 0 unspecified atom stereocenters. The van der Waals surface area contributed by atoms with Crippen LogP contribution in [0.1, 0.15) is 21.9 Å². The number of furan rings is 1. The van der Waals surface area contributed by atoms with Crippen molar-refractivity contribution in [2.24, 2.45) is 0 Å². The van der Waals surface area contributed by atoms with Crippen LogP contribution in [0.3, 0.4) is 0 Å². The Morgan fingerprint density at radius 3 is 2.81 bits per heavy atom. The zero-order valence-corrected chi connectivity index (χ0v) is 15.7. The van der Waals surface area contributed by atoms with E-state index in [1.807, 2.05) is 19.1 Å². The van der Waals surface area contributed by atoms with Crippen LogP contribution in [-0.2, 0) is 21.2 Å². The maximum atomic E-state index is 12.7. The van der Waals surface area contributed by atoms with E-state index < -0.39 is 10.0 Å². The lowest BCUT2D eigenvalue weighted by Crippen LogP contribution is -2.49. The van der Waals surface area contributed by atoms with E-state index in [2.05, 4.69) is 10.6 Å². The van der Waals surface area contributed by atoms with E-state index in [0.29, 0.717) is 13.0 Å². The Labute approximate surface area is 157 Å². The van der Waals surface area contributed by atoms with Crippen LogP contribution in [0.4, 0.5) is 0 Å². The first-order chi connectivity index (χ1) is 12.9. The number of carbonyl (C=O) groups is 2. The summed E-state index contributed by atoms with van der Waals surface area (Å²) in [4.78, 5) is 23.8. The first-order valence-electron chi connectivity index (χ1n) is 8.57. The number of sulfonamides is 1. The Kier molecular flexibility index (Phi) is 5.62. The second-order valence-corrected chi connectivity index (χ2v) is 8.17. The van der Waals surface area contributed by atoms with Gasteiger partial charge in [0.15, 0.2) is 0 Å². The van der Waals surface area contributed by atoms with Gasteiger partial charge in [0.2, 0.25) is 15.9 Å². The summed E-state index contributed by atoms with van der Waals surface area (Å²) in [5.41, 5.74) is 0.244. The van der Waals surface area contributed by atoms with Crippen LogP contribution in [0.25, 0.3) is 0 Å². The number of rotatable bonds is 6. The lowest BCUT2D eigenvalue weighted by molar-refractivity contribution is -0.122. The highest BCUT2D eigenvalue weighted by atomic mass is 32.2. The van der Waals surface area contributed by atoms with Gasteiger partial charge in [0.1, 0.15) is 11.5 Å². The van der Waals surface area contributed by atoms with Gasteiger partial charge in [-0.3, -0.25) is 9.59 Å². The number of nitrogens with one attached hydrogen (secondary N) is 2. The molecule has 1 saturated heterocycles. The predicted molar refractivity (Wildman–Crippen MR) is 97.7 cm³/mol. The topological polar surface area (TPSA) is 109 Å². The minimum atomic E-state index is -3.83. The molecular formula is C18H21N3O5S. The van der Waals surface area contributed by atoms with Crippen LogP contribution in [0.15, 0.2) is 45.7 Å². The van der Waals surface area contributed by atoms with E-state index in [1.54, 1.807) is 6.07 Å². The van der Waals surface area contributed by atoms with Gasteiger partial charge in [0, 0.05) is 31.6 Å². The third kappa shape index (κ3) is 4.55. The normalized spacial score (nSPS) is 15.4. The minimum absolute atomic E-state index is 0.00786. The lowest BCUT2D eigenvalue weighted by Gasteiger charge is -2.26. The number of hydrogen-bond donors (Lipinski definition) is 2. The fraction of sp³-hybridized carbons (Fsp3) is 0.333. The van der Waals surface area contributed by atoms with Crippen LogP contribution in [-0.4, -0.2) is 50.7 Å². The van der Waals surface area contributed by atoms with Crippen molar-refractivity contribution in [2.45, 2.75) is 18.2 Å². The van der Waals surface area contributed by atoms with E-state index in [1.165, 1.54) is 18.2 Å². The average Bonchev–Trinajstić information content (AvgIpc) is 3.07. The van der Waals surface area contributed by atoms with Crippen molar-refractivity contribution in [3.05, 3.63) is 53.5 Å². The molecule has 2 amide bonds. The largest absolute Gasteiger partial charge is 0.466 e. The summed E-state index contributed by atoms with van der Waals surface area (Å²) in [6.07, 6.45) is 0.542. The van der Waals surface area contributed by atoms with Gasteiger partial charge in [0.25, 0.3) is 5.91 Å². The van der Waals surface area contributed by atoms with Crippen LogP contribution in [0.5, 0.6) is 0 Å².